The van der Waals surface area contributed by atoms with Gasteiger partial charge in [0.15, 0.2) is 5.16 Å². The number of nitrogens with zero attached hydrogens (tertiary/aromatic N) is 4. The van der Waals surface area contributed by atoms with Gasteiger partial charge in [0.25, 0.3) is 0 Å². The summed E-state index contributed by atoms with van der Waals surface area (Å²) in [5, 5.41) is 12.6. The standard InChI is InChI=1S/C19H18FN7OS/c1-10-11(2)27(13-5-3-12(20)4-6-13)18(14(10)8-21)26-17(28)9-29-19-24-15(22)7-16(23)25-19/h3-7H,9H2,1-2H3,(H,26,28)(H4,22,23,24,25). The van der Waals surface area contributed by atoms with Crippen LogP contribution in [0.25, 0.3) is 5.69 Å². The lowest BCUT2D eigenvalue weighted by atomic mass is 10.2. The number of carbonyl (C=O) groups is 1. The molecule has 0 bridgehead atoms. The Morgan fingerprint density at radius 3 is 2.45 bits per heavy atom. The maximum atomic E-state index is 13.3. The summed E-state index contributed by atoms with van der Waals surface area (Å²) in [6.45, 7) is 3.62. The molecule has 0 saturated carbocycles. The first-order valence-electron chi connectivity index (χ1n) is 8.50. The van der Waals surface area contributed by atoms with Gasteiger partial charge in [0, 0.05) is 17.4 Å². The van der Waals surface area contributed by atoms with Crippen molar-refractivity contribution in [1.82, 2.24) is 14.5 Å². The van der Waals surface area contributed by atoms with E-state index in [9.17, 15) is 14.4 Å². The van der Waals surface area contributed by atoms with E-state index >= 15 is 0 Å². The van der Waals surface area contributed by atoms with E-state index in [0.29, 0.717) is 17.1 Å². The number of benzene rings is 1. The summed E-state index contributed by atoms with van der Waals surface area (Å²) >= 11 is 1.07. The molecule has 0 saturated heterocycles. The van der Waals surface area contributed by atoms with Crippen LogP contribution in [0.4, 0.5) is 21.8 Å². The van der Waals surface area contributed by atoms with E-state index in [0.717, 1.165) is 23.0 Å². The van der Waals surface area contributed by atoms with Crippen molar-refractivity contribution >= 4 is 35.1 Å². The summed E-state index contributed by atoms with van der Waals surface area (Å²) in [4.78, 5) is 20.6. The van der Waals surface area contributed by atoms with Crippen molar-refractivity contribution in [2.45, 2.75) is 19.0 Å². The largest absolute Gasteiger partial charge is 0.383 e. The number of hydrogen-bond donors (Lipinski definition) is 3. The van der Waals surface area contributed by atoms with Gasteiger partial charge >= 0.3 is 0 Å². The molecule has 3 rings (SSSR count). The molecule has 8 nitrogen and oxygen atoms in total. The number of nitriles is 1. The van der Waals surface area contributed by atoms with E-state index in [1.165, 1.54) is 18.2 Å². The molecule has 0 radical (unpaired) electrons. The van der Waals surface area contributed by atoms with Crippen molar-refractivity contribution < 1.29 is 9.18 Å². The predicted molar refractivity (Wildman–Crippen MR) is 110 cm³/mol. The van der Waals surface area contributed by atoms with Gasteiger partial charge in [-0.25, -0.2) is 14.4 Å². The van der Waals surface area contributed by atoms with Crippen LogP contribution in [0.15, 0.2) is 35.5 Å². The van der Waals surface area contributed by atoms with Crippen molar-refractivity contribution in [2.24, 2.45) is 0 Å². The first-order valence-corrected chi connectivity index (χ1v) is 9.49. The molecule has 0 aliphatic rings. The van der Waals surface area contributed by atoms with Crippen LogP contribution in [-0.2, 0) is 4.79 Å². The molecule has 0 atom stereocenters. The smallest absolute Gasteiger partial charge is 0.236 e. The van der Waals surface area contributed by atoms with Crippen LogP contribution in [0.5, 0.6) is 0 Å². The predicted octanol–water partition coefficient (Wildman–Crippen LogP) is 2.79. The SMILES string of the molecule is Cc1c(C#N)c(NC(=O)CSc2nc(N)cc(N)n2)n(-c2ccc(F)cc2)c1C. The fourth-order valence-corrected chi connectivity index (χ4v) is 3.47. The molecule has 0 spiro atoms. The van der Waals surface area contributed by atoms with Gasteiger partial charge < -0.3 is 16.8 Å². The van der Waals surface area contributed by atoms with E-state index in [1.807, 2.05) is 6.92 Å². The molecule has 10 heteroatoms. The normalized spacial score (nSPS) is 10.6. The Kier molecular flexibility index (Phi) is 5.70. The average molecular weight is 411 g/mol. The monoisotopic (exact) mass is 411 g/mol. The van der Waals surface area contributed by atoms with Crippen LogP contribution < -0.4 is 16.8 Å². The first kappa shape index (κ1) is 20.2. The number of halogens is 1. The second-order valence-corrected chi connectivity index (χ2v) is 7.14. The fourth-order valence-electron chi connectivity index (χ4n) is 2.80. The van der Waals surface area contributed by atoms with Gasteiger partial charge in [0.05, 0.1) is 11.3 Å². The maximum absolute atomic E-state index is 13.3. The fraction of sp³-hybridized carbons (Fsp3) is 0.158. The highest BCUT2D eigenvalue weighted by Crippen LogP contribution is 2.30. The van der Waals surface area contributed by atoms with Crippen LogP contribution in [0, 0.1) is 31.0 Å². The van der Waals surface area contributed by atoms with Crippen LogP contribution in [0.3, 0.4) is 0 Å². The molecule has 3 aromatic rings. The third-order valence-corrected chi connectivity index (χ3v) is 5.09. The molecular weight excluding hydrogens is 393 g/mol. The number of rotatable bonds is 5. The van der Waals surface area contributed by atoms with Gasteiger partial charge in [-0.05, 0) is 43.7 Å². The summed E-state index contributed by atoms with van der Waals surface area (Å²) in [6.07, 6.45) is 0. The van der Waals surface area contributed by atoms with Gasteiger partial charge in [0.2, 0.25) is 5.91 Å². The lowest BCUT2D eigenvalue weighted by Gasteiger charge is -2.13. The highest BCUT2D eigenvalue weighted by molar-refractivity contribution is 7.99. The van der Waals surface area contributed by atoms with Crippen LogP contribution >= 0.6 is 11.8 Å². The van der Waals surface area contributed by atoms with Crippen LogP contribution in [-0.4, -0.2) is 26.2 Å². The third kappa shape index (κ3) is 4.30. The number of aromatic nitrogens is 3. The number of amides is 1. The zero-order valence-electron chi connectivity index (χ0n) is 15.7. The van der Waals surface area contributed by atoms with Gasteiger partial charge in [-0.3, -0.25) is 9.36 Å². The van der Waals surface area contributed by atoms with E-state index in [-0.39, 0.29) is 34.3 Å². The zero-order valence-corrected chi connectivity index (χ0v) is 16.5. The van der Waals surface area contributed by atoms with Crippen molar-refractivity contribution in [1.29, 1.82) is 5.26 Å². The topological polar surface area (TPSA) is 136 Å². The Morgan fingerprint density at radius 1 is 1.24 bits per heavy atom. The minimum Gasteiger partial charge on any atom is -0.383 e. The summed E-state index contributed by atoms with van der Waals surface area (Å²) < 4.78 is 15.0. The molecular formula is C19H18FN7OS. The van der Waals surface area contributed by atoms with Crippen molar-refractivity contribution in [3.8, 4) is 11.8 Å². The molecule has 1 amide bonds. The molecule has 148 valence electrons. The molecule has 2 heterocycles. The summed E-state index contributed by atoms with van der Waals surface area (Å²) in [7, 11) is 0. The van der Waals surface area contributed by atoms with Crippen LogP contribution in [0.2, 0.25) is 0 Å². The van der Waals surface area contributed by atoms with Gasteiger partial charge in [-0.1, -0.05) is 11.8 Å². The Bertz CT molecular complexity index is 1100. The number of nitrogens with one attached hydrogen (secondary N) is 1. The molecule has 5 N–H and O–H groups in total. The number of nitrogen functional groups attached to an aromatic ring is 2. The number of carbonyl (C=O) groups excluding carboxylic acids is 1. The number of hydrogen-bond acceptors (Lipinski definition) is 7. The lowest BCUT2D eigenvalue weighted by Crippen LogP contribution is -2.18. The molecule has 0 fully saturated rings. The summed E-state index contributed by atoms with van der Waals surface area (Å²) in [5.41, 5.74) is 13.7. The quantitative estimate of drug-likeness (QED) is 0.434. The number of thioether (sulfide) groups is 1. The lowest BCUT2D eigenvalue weighted by molar-refractivity contribution is -0.113. The van der Waals surface area contributed by atoms with Crippen molar-refractivity contribution in [3.05, 3.63) is 53.0 Å². The molecule has 29 heavy (non-hydrogen) atoms. The minimum atomic E-state index is -0.376. The molecule has 0 aliphatic carbocycles. The summed E-state index contributed by atoms with van der Waals surface area (Å²) in [5.74, 6) is -0.00318. The number of anilines is 3. The van der Waals surface area contributed by atoms with E-state index in [2.05, 4.69) is 21.4 Å². The third-order valence-electron chi connectivity index (χ3n) is 4.25. The highest BCUT2D eigenvalue weighted by atomic mass is 32.2. The Hall–Kier alpha value is -3.58. The van der Waals surface area contributed by atoms with Crippen molar-refractivity contribution in [2.75, 3.05) is 22.5 Å². The van der Waals surface area contributed by atoms with Crippen molar-refractivity contribution in [3.63, 3.8) is 0 Å². The second kappa shape index (κ2) is 8.20. The van der Waals surface area contributed by atoms with E-state index < -0.39 is 0 Å². The molecule has 0 aliphatic heterocycles. The van der Waals surface area contributed by atoms with E-state index in [1.54, 1.807) is 23.6 Å². The highest BCUT2D eigenvalue weighted by Gasteiger charge is 2.21. The Balaban J connectivity index is 1.87. The van der Waals surface area contributed by atoms with Gasteiger partial charge in [0.1, 0.15) is 29.3 Å². The van der Waals surface area contributed by atoms with Crippen LogP contribution in [0.1, 0.15) is 16.8 Å². The Labute approximate surface area is 170 Å². The Morgan fingerprint density at radius 2 is 1.86 bits per heavy atom. The second-order valence-electron chi connectivity index (χ2n) is 6.19. The molecule has 2 aromatic heterocycles. The van der Waals surface area contributed by atoms with E-state index in [4.69, 9.17) is 11.5 Å². The minimum absolute atomic E-state index is 0.0134. The van der Waals surface area contributed by atoms with Gasteiger partial charge in [-0.15, -0.1) is 0 Å². The maximum Gasteiger partial charge on any atom is 0.236 e. The zero-order chi connectivity index (χ0) is 21.1. The van der Waals surface area contributed by atoms with Gasteiger partial charge in [-0.2, -0.15) is 5.26 Å². The summed E-state index contributed by atoms with van der Waals surface area (Å²) in [6, 6.07) is 9.34. The first-order chi connectivity index (χ1) is 13.8. The number of nitrogens with two attached hydrogens (primary N) is 2. The molecule has 1 aromatic carbocycles. The average Bonchev–Trinajstić information content (AvgIpc) is 2.90. The molecule has 0 unspecified atom stereocenters.